The number of piperidine rings is 1. The number of benzene rings is 2. The highest BCUT2D eigenvalue weighted by molar-refractivity contribution is 5.93. The minimum atomic E-state index is 0.300. The molecule has 6 nitrogen and oxygen atoms in total. The second-order valence-electron chi connectivity index (χ2n) is 7.02. The van der Waals surface area contributed by atoms with Crippen LogP contribution in [0.25, 0.3) is 33.5 Å². The first kappa shape index (κ1) is 15.4. The molecule has 3 N–H and O–H groups in total. The van der Waals surface area contributed by atoms with Gasteiger partial charge < -0.3 is 15.0 Å². The maximum absolute atomic E-state index is 9.32. The van der Waals surface area contributed by atoms with Gasteiger partial charge in [-0.05, 0) is 43.0 Å². The SMILES string of the molecule is OCC1CCN(c2ccc3nc(-c4n[nH]c5ccccc45)[nH]c3c2)CC1. The molecule has 0 aliphatic carbocycles. The number of aliphatic hydroxyl groups excluding tert-OH is 1. The molecule has 0 spiro atoms. The first-order valence-electron chi connectivity index (χ1n) is 9.11. The molecule has 0 amide bonds. The normalized spacial score (nSPS) is 16.0. The van der Waals surface area contributed by atoms with Crippen LogP contribution in [-0.4, -0.2) is 45.0 Å². The average molecular weight is 347 g/mol. The number of aromatic amines is 2. The third-order valence-electron chi connectivity index (χ3n) is 5.40. The monoisotopic (exact) mass is 347 g/mol. The maximum atomic E-state index is 9.32. The average Bonchev–Trinajstić information content (AvgIpc) is 3.31. The Kier molecular flexibility index (Phi) is 3.64. The van der Waals surface area contributed by atoms with E-state index in [1.165, 1.54) is 5.69 Å². The molecular formula is C20H21N5O. The summed E-state index contributed by atoms with van der Waals surface area (Å²) in [4.78, 5) is 10.5. The van der Waals surface area contributed by atoms with Crippen molar-refractivity contribution in [1.82, 2.24) is 20.2 Å². The van der Waals surface area contributed by atoms with Crippen LogP contribution in [0.5, 0.6) is 0 Å². The number of rotatable bonds is 3. The number of anilines is 1. The van der Waals surface area contributed by atoms with Crippen molar-refractivity contribution in [3.63, 3.8) is 0 Å². The molecule has 2 aromatic heterocycles. The quantitative estimate of drug-likeness (QED) is 0.531. The van der Waals surface area contributed by atoms with Gasteiger partial charge in [-0.15, -0.1) is 0 Å². The summed E-state index contributed by atoms with van der Waals surface area (Å²) in [6.45, 7) is 2.28. The maximum Gasteiger partial charge on any atom is 0.159 e. The predicted molar refractivity (Wildman–Crippen MR) is 103 cm³/mol. The lowest BCUT2D eigenvalue weighted by atomic mass is 9.97. The Morgan fingerprint density at radius 3 is 2.77 bits per heavy atom. The number of aromatic nitrogens is 4. The van der Waals surface area contributed by atoms with Crippen LogP contribution < -0.4 is 4.90 Å². The summed E-state index contributed by atoms with van der Waals surface area (Å²) in [5.41, 5.74) is 5.03. The zero-order valence-corrected chi connectivity index (χ0v) is 14.4. The first-order chi connectivity index (χ1) is 12.8. The van der Waals surface area contributed by atoms with E-state index in [1.54, 1.807) is 0 Å². The fourth-order valence-corrected chi connectivity index (χ4v) is 3.82. The highest BCUT2D eigenvalue weighted by Crippen LogP contribution is 2.29. The third-order valence-corrected chi connectivity index (χ3v) is 5.40. The number of hydrogen-bond acceptors (Lipinski definition) is 4. The Morgan fingerprint density at radius 2 is 1.92 bits per heavy atom. The van der Waals surface area contributed by atoms with Gasteiger partial charge in [0.2, 0.25) is 0 Å². The smallest absolute Gasteiger partial charge is 0.159 e. The molecule has 1 aliphatic rings. The summed E-state index contributed by atoms with van der Waals surface area (Å²) >= 11 is 0. The molecule has 0 unspecified atom stereocenters. The number of imidazole rings is 1. The zero-order chi connectivity index (χ0) is 17.5. The van der Waals surface area contributed by atoms with Crippen molar-refractivity contribution in [3.05, 3.63) is 42.5 Å². The van der Waals surface area contributed by atoms with Gasteiger partial charge in [-0.25, -0.2) is 4.98 Å². The fourth-order valence-electron chi connectivity index (χ4n) is 3.82. The van der Waals surface area contributed by atoms with Crippen LogP contribution in [0.15, 0.2) is 42.5 Å². The van der Waals surface area contributed by atoms with Gasteiger partial charge in [0.1, 0.15) is 5.69 Å². The van der Waals surface area contributed by atoms with Crippen LogP contribution in [0.1, 0.15) is 12.8 Å². The van der Waals surface area contributed by atoms with E-state index in [4.69, 9.17) is 4.98 Å². The van der Waals surface area contributed by atoms with Crippen molar-refractivity contribution in [2.75, 3.05) is 24.6 Å². The van der Waals surface area contributed by atoms with Gasteiger partial charge in [0.15, 0.2) is 5.82 Å². The molecule has 132 valence electrons. The van der Waals surface area contributed by atoms with Crippen molar-refractivity contribution in [2.45, 2.75) is 12.8 Å². The van der Waals surface area contributed by atoms with Gasteiger partial charge in [0.05, 0.1) is 16.6 Å². The standard InChI is InChI=1S/C20H21N5O/c26-12-13-7-9-25(10-8-13)14-5-6-17-18(11-14)22-20(21-17)19-15-3-1-2-4-16(15)23-24-19/h1-6,11,13,26H,7-10,12H2,(H,21,22)(H,23,24). The van der Waals surface area contributed by atoms with Crippen molar-refractivity contribution < 1.29 is 5.11 Å². The number of fused-ring (bicyclic) bond motifs is 2. The van der Waals surface area contributed by atoms with Gasteiger partial charge in [-0.3, -0.25) is 5.10 Å². The van der Waals surface area contributed by atoms with E-state index in [1.807, 2.05) is 18.2 Å². The van der Waals surface area contributed by atoms with E-state index in [0.29, 0.717) is 12.5 Å². The molecule has 2 aromatic carbocycles. The van der Waals surface area contributed by atoms with Crippen LogP contribution in [0, 0.1) is 5.92 Å². The lowest BCUT2D eigenvalue weighted by Gasteiger charge is -2.32. The molecule has 0 atom stereocenters. The van der Waals surface area contributed by atoms with E-state index in [2.05, 4.69) is 44.3 Å². The number of hydrogen-bond donors (Lipinski definition) is 3. The van der Waals surface area contributed by atoms with Crippen LogP contribution >= 0.6 is 0 Å². The molecule has 0 saturated carbocycles. The fraction of sp³-hybridized carbons (Fsp3) is 0.300. The van der Waals surface area contributed by atoms with Gasteiger partial charge in [-0.2, -0.15) is 5.10 Å². The van der Waals surface area contributed by atoms with Crippen molar-refractivity contribution >= 4 is 27.6 Å². The van der Waals surface area contributed by atoms with Crippen molar-refractivity contribution in [3.8, 4) is 11.5 Å². The highest BCUT2D eigenvalue weighted by Gasteiger charge is 2.19. The summed E-state index contributed by atoms with van der Waals surface area (Å²) in [7, 11) is 0. The molecular weight excluding hydrogens is 326 g/mol. The lowest BCUT2D eigenvalue weighted by Crippen LogP contribution is -2.34. The molecule has 4 aromatic rings. The molecule has 1 aliphatic heterocycles. The Labute approximate surface area is 150 Å². The van der Waals surface area contributed by atoms with E-state index >= 15 is 0 Å². The summed E-state index contributed by atoms with van der Waals surface area (Å²) in [5, 5.41) is 17.9. The second kappa shape index (κ2) is 6.14. The molecule has 1 saturated heterocycles. The zero-order valence-electron chi connectivity index (χ0n) is 14.4. The summed E-state index contributed by atoms with van der Waals surface area (Å²) in [6, 6.07) is 14.4. The molecule has 26 heavy (non-hydrogen) atoms. The Bertz CT molecular complexity index is 1060. The third kappa shape index (κ3) is 2.54. The molecule has 6 heteroatoms. The molecule has 0 bridgehead atoms. The highest BCUT2D eigenvalue weighted by atomic mass is 16.3. The molecule has 1 fully saturated rings. The Morgan fingerprint density at radius 1 is 1.08 bits per heavy atom. The lowest BCUT2D eigenvalue weighted by molar-refractivity contribution is 0.203. The van der Waals surface area contributed by atoms with Gasteiger partial charge in [-0.1, -0.05) is 18.2 Å². The van der Waals surface area contributed by atoms with Crippen LogP contribution in [0.3, 0.4) is 0 Å². The Hall–Kier alpha value is -2.86. The number of aliphatic hydroxyl groups is 1. The van der Waals surface area contributed by atoms with E-state index < -0.39 is 0 Å². The number of nitrogens with one attached hydrogen (secondary N) is 2. The topological polar surface area (TPSA) is 80.8 Å². The number of H-pyrrole nitrogens is 2. The summed E-state index contributed by atoms with van der Waals surface area (Å²) in [5.74, 6) is 1.23. The molecule has 0 radical (unpaired) electrons. The van der Waals surface area contributed by atoms with E-state index in [9.17, 15) is 5.11 Å². The van der Waals surface area contributed by atoms with Crippen LogP contribution in [-0.2, 0) is 0 Å². The van der Waals surface area contributed by atoms with Crippen LogP contribution in [0.4, 0.5) is 5.69 Å². The van der Waals surface area contributed by atoms with Crippen molar-refractivity contribution in [2.24, 2.45) is 5.92 Å². The van der Waals surface area contributed by atoms with E-state index in [-0.39, 0.29) is 0 Å². The number of para-hydroxylation sites is 1. The molecule has 5 rings (SSSR count). The van der Waals surface area contributed by atoms with Gasteiger partial charge in [0, 0.05) is 30.8 Å². The number of nitrogens with zero attached hydrogens (tertiary/aromatic N) is 3. The first-order valence-corrected chi connectivity index (χ1v) is 9.11. The second-order valence-corrected chi connectivity index (χ2v) is 7.02. The summed E-state index contributed by atoms with van der Waals surface area (Å²) in [6.07, 6.45) is 2.09. The van der Waals surface area contributed by atoms with Gasteiger partial charge in [0.25, 0.3) is 0 Å². The summed E-state index contributed by atoms with van der Waals surface area (Å²) < 4.78 is 0. The van der Waals surface area contributed by atoms with Crippen LogP contribution in [0.2, 0.25) is 0 Å². The predicted octanol–water partition coefficient (Wildman–Crippen LogP) is 3.31. The largest absolute Gasteiger partial charge is 0.396 e. The van der Waals surface area contributed by atoms with E-state index in [0.717, 1.165) is 59.4 Å². The minimum absolute atomic E-state index is 0.300. The minimum Gasteiger partial charge on any atom is -0.396 e. The van der Waals surface area contributed by atoms with Crippen molar-refractivity contribution in [1.29, 1.82) is 0 Å². The van der Waals surface area contributed by atoms with Gasteiger partial charge >= 0.3 is 0 Å². The molecule has 3 heterocycles. The Balaban J connectivity index is 1.49.